The van der Waals surface area contributed by atoms with Gasteiger partial charge in [0.15, 0.2) is 0 Å². The van der Waals surface area contributed by atoms with Crippen molar-refractivity contribution in [2.45, 2.75) is 94.4 Å². The summed E-state index contributed by atoms with van der Waals surface area (Å²) in [6.45, 7) is 2.76. The zero-order chi connectivity index (χ0) is 38.6. The van der Waals surface area contributed by atoms with Crippen molar-refractivity contribution in [3.05, 3.63) is 94.8 Å². The van der Waals surface area contributed by atoms with Gasteiger partial charge in [-0.3, -0.25) is 19.4 Å². The lowest BCUT2D eigenvalue weighted by Crippen LogP contribution is -2.68. The summed E-state index contributed by atoms with van der Waals surface area (Å²) in [6, 6.07) is 13.5. The Bertz CT molecular complexity index is 1850. The quantitative estimate of drug-likeness (QED) is 0.202. The molecule has 2 atom stereocenters. The van der Waals surface area contributed by atoms with Gasteiger partial charge >= 0.3 is 12.1 Å². The summed E-state index contributed by atoms with van der Waals surface area (Å²) < 4.78 is 76.4. The molecular formula is C39H41F5N4O5. The number of carboxylic acids is 1. The van der Waals surface area contributed by atoms with Gasteiger partial charge in [0.2, 0.25) is 5.60 Å². The Balaban J connectivity index is 1.54. The van der Waals surface area contributed by atoms with Gasteiger partial charge in [-0.15, -0.1) is 0 Å². The van der Waals surface area contributed by atoms with Gasteiger partial charge in [0, 0.05) is 57.4 Å². The molecule has 14 heteroatoms. The average molecular weight is 741 g/mol. The molecule has 5 rings (SSSR count). The molecule has 2 aliphatic heterocycles. The molecule has 0 saturated carbocycles. The molecule has 2 amide bonds. The van der Waals surface area contributed by atoms with E-state index >= 15 is 4.79 Å². The highest BCUT2D eigenvalue weighted by atomic mass is 19.4. The SMILES string of the molecule is CCC[C@H]1N(C(=O)c2cnccc2C(C)(F)F)CCC[C@@]1(Oc1ccc(C(F)(F)F)cc1)C(=O)N1CCC(C#N)(c2ccccc2CCC(=O)O)CC1. The Morgan fingerprint density at radius 3 is 2.28 bits per heavy atom. The highest BCUT2D eigenvalue weighted by molar-refractivity contribution is 5.97. The molecule has 2 aliphatic rings. The number of hydrogen-bond donors (Lipinski definition) is 1. The normalized spacial score (nSPS) is 20.4. The van der Waals surface area contributed by atoms with Gasteiger partial charge in [-0.05, 0) is 73.6 Å². The second-order valence-electron chi connectivity index (χ2n) is 13.8. The second kappa shape index (κ2) is 15.5. The molecule has 3 aromatic rings. The van der Waals surface area contributed by atoms with Gasteiger partial charge in [-0.25, -0.2) is 8.78 Å². The fourth-order valence-electron chi connectivity index (χ4n) is 7.68. The predicted molar refractivity (Wildman–Crippen MR) is 183 cm³/mol. The molecule has 0 aliphatic carbocycles. The largest absolute Gasteiger partial charge is 0.481 e. The Labute approximate surface area is 304 Å². The van der Waals surface area contributed by atoms with Gasteiger partial charge in [-0.2, -0.15) is 18.4 Å². The Hall–Kier alpha value is -5.06. The summed E-state index contributed by atoms with van der Waals surface area (Å²) in [5, 5.41) is 19.8. The lowest BCUT2D eigenvalue weighted by Gasteiger charge is -2.51. The second-order valence-corrected chi connectivity index (χ2v) is 13.8. The van der Waals surface area contributed by atoms with Crippen molar-refractivity contribution in [2.75, 3.05) is 19.6 Å². The molecule has 1 aromatic heterocycles. The third-order valence-electron chi connectivity index (χ3n) is 10.3. The zero-order valence-corrected chi connectivity index (χ0v) is 29.5. The number of nitriles is 1. The number of pyridine rings is 1. The number of hydrogen-bond acceptors (Lipinski definition) is 6. The molecule has 0 spiro atoms. The first kappa shape index (κ1) is 39.2. The summed E-state index contributed by atoms with van der Waals surface area (Å²) >= 11 is 0. The van der Waals surface area contributed by atoms with E-state index in [1.54, 1.807) is 24.3 Å². The van der Waals surface area contributed by atoms with Crippen LogP contribution < -0.4 is 4.74 Å². The average Bonchev–Trinajstić information content (AvgIpc) is 3.14. The molecule has 0 radical (unpaired) electrons. The number of carbonyl (C=O) groups excluding carboxylic acids is 2. The molecule has 2 aromatic carbocycles. The molecule has 0 bridgehead atoms. The fourth-order valence-corrected chi connectivity index (χ4v) is 7.68. The molecule has 3 heterocycles. The molecule has 2 saturated heterocycles. The Morgan fingerprint density at radius 2 is 1.68 bits per heavy atom. The Kier molecular flexibility index (Phi) is 11.5. The standard InChI is InChI=1S/C39H41F5N4O5/c1-3-7-32-38(53-28-13-11-27(12-14-28)39(42,43)44,17-6-21-48(32)34(51)29-24-46-20-16-31(29)36(2,40)41)35(52)47-22-18-37(25-45,19-23-47)30-9-5-4-8-26(30)10-15-33(49)50/h4-5,8-9,11-14,16,20,24,32H,3,6-7,10,15,17-19,21-23H2,1-2H3,(H,49,50)/t32-,38+/m1/s1. The fraction of sp³-hybridized carbons (Fsp3) is 0.462. The van der Waals surface area contributed by atoms with Crippen LogP contribution in [0.5, 0.6) is 5.75 Å². The minimum Gasteiger partial charge on any atom is -0.481 e. The number of alkyl halides is 5. The van der Waals surface area contributed by atoms with Crippen LogP contribution >= 0.6 is 0 Å². The number of nitrogens with zero attached hydrogens (tertiary/aromatic N) is 4. The van der Waals surface area contributed by atoms with E-state index < -0.39 is 58.1 Å². The zero-order valence-electron chi connectivity index (χ0n) is 29.5. The van der Waals surface area contributed by atoms with E-state index in [0.717, 1.165) is 48.3 Å². The van der Waals surface area contributed by atoms with E-state index in [1.807, 2.05) is 6.92 Å². The molecule has 9 nitrogen and oxygen atoms in total. The smallest absolute Gasteiger partial charge is 0.416 e. The highest BCUT2D eigenvalue weighted by Gasteiger charge is 2.56. The summed E-state index contributed by atoms with van der Waals surface area (Å²) in [6.07, 6.45) is -1.00. The van der Waals surface area contributed by atoms with Gasteiger partial charge in [0.05, 0.1) is 28.7 Å². The van der Waals surface area contributed by atoms with E-state index in [1.165, 1.54) is 9.80 Å². The number of carbonyl (C=O) groups is 3. The van der Waals surface area contributed by atoms with Gasteiger partial charge in [0.25, 0.3) is 17.7 Å². The van der Waals surface area contributed by atoms with E-state index in [2.05, 4.69) is 11.1 Å². The van der Waals surface area contributed by atoms with Gasteiger partial charge < -0.3 is 19.6 Å². The van der Waals surface area contributed by atoms with Crippen molar-refractivity contribution in [1.29, 1.82) is 5.26 Å². The maximum absolute atomic E-state index is 15.0. The van der Waals surface area contributed by atoms with Crippen LogP contribution in [0.25, 0.3) is 0 Å². The number of rotatable bonds is 11. The maximum atomic E-state index is 15.0. The molecule has 0 unspecified atom stereocenters. The van der Waals surface area contributed by atoms with Crippen molar-refractivity contribution < 1.29 is 46.2 Å². The minimum atomic E-state index is -4.62. The number of ether oxygens (including phenoxy) is 1. The van der Waals surface area contributed by atoms with E-state index in [0.29, 0.717) is 18.9 Å². The predicted octanol–water partition coefficient (Wildman–Crippen LogP) is 7.54. The number of carboxylic acid groups (broad SMARTS) is 1. The monoisotopic (exact) mass is 740 g/mol. The van der Waals surface area contributed by atoms with Crippen molar-refractivity contribution in [3.63, 3.8) is 0 Å². The van der Waals surface area contributed by atoms with Crippen LogP contribution in [0.1, 0.15) is 91.4 Å². The molecule has 2 fully saturated rings. The van der Waals surface area contributed by atoms with Gasteiger partial charge in [-0.1, -0.05) is 37.6 Å². The topological polar surface area (TPSA) is 124 Å². The van der Waals surface area contributed by atoms with Crippen LogP contribution in [0.2, 0.25) is 0 Å². The number of aryl methyl sites for hydroxylation is 1. The molecular weight excluding hydrogens is 699 g/mol. The lowest BCUT2D eigenvalue weighted by atomic mass is 9.71. The third kappa shape index (κ3) is 8.14. The maximum Gasteiger partial charge on any atom is 0.416 e. The summed E-state index contributed by atoms with van der Waals surface area (Å²) in [5.41, 5.74) is -3.25. The van der Waals surface area contributed by atoms with Crippen molar-refractivity contribution in [1.82, 2.24) is 14.8 Å². The number of aromatic nitrogens is 1. The number of piperidine rings is 2. The van der Waals surface area contributed by atoms with Crippen LogP contribution in [-0.4, -0.2) is 69.0 Å². The Morgan fingerprint density at radius 1 is 1.00 bits per heavy atom. The number of benzene rings is 2. The number of likely N-dealkylation sites (tertiary alicyclic amines) is 2. The molecule has 53 heavy (non-hydrogen) atoms. The van der Waals surface area contributed by atoms with E-state index in [9.17, 15) is 41.9 Å². The van der Waals surface area contributed by atoms with E-state index in [-0.39, 0.29) is 75.9 Å². The molecule has 1 N–H and O–H groups in total. The summed E-state index contributed by atoms with van der Waals surface area (Å²) in [4.78, 5) is 47.4. The molecule has 282 valence electrons. The lowest BCUT2D eigenvalue weighted by molar-refractivity contribution is -0.160. The van der Waals surface area contributed by atoms with Crippen molar-refractivity contribution in [3.8, 4) is 11.8 Å². The van der Waals surface area contributed by atoms with Crippen molar-refractivity contribution >= 4 is 17.8 Å². The van der Waals surface area contributed by atoms with Crippen molar-refractivity contribution in [2.24, 2.45) is 0 Å². The first-order valence-corrected chi connectivity index (χ1v) is 17.6. The first-order valence-electron chi connectivity index (χ1n) is 17.6. The highest BCUT2D eigenvalue weighted by Crippen LogP contribution is 2.43. The van der Waals surface area contributed by atoms with Crippen LogP contribution in [0, 0.1) is 11.3 Å². The first-order chi connectivity index (χ1) is 25.1. The number of amides is 2. The summed E-state index contributed by atoms with van der Waals surface area (Å²) in [5.74, 6) is -5.72. The summed E-state index contributed by atoms with van der Waals surface area (Å²) in [7, 11) is 0. The van der Waals surface area contributed by atoms with Gasteiger partial charge in [0.1, 0.15) is 5.75 Å². The minimum absolute atomic E-state index is 0.0420. The number of halogens is 5. The van der Waals surface area contributed by atoms with Crippen LogP contribution in [-0.2, 0) is 33.5 Å². The van der Waals surface area contributed by atoms with Crippen LogP contribution in [0.4, 0.5) is 22.0 Å². The van der Waals surface area contributed by atoms with Crippen LogP contribution in [0.3, 0.4) is 0 Å². The third-order valence-corrected chi connectivity index (χ3v) is 10.3. The van der Waals surface area contributed by atoms with E-state index in [4.69, 9.17) is 4.74 Å². The number of aliphatic carboxylic acids is 1. The van der Waals surface area contributed by atoms with Crippen LogP contribution in [0.15, 0.2) is 67.0 Å².